The number of fused-ring (bicyclic) bond motifs is 1. The van der Waals surface area contributed by atoms with Crippen molar-refractivity contribution >= 4 is 17.4 Å². The molecule has 1 aliphatic rings. The van der Waals surface area contributed by atoms with E-state index >= 15 is 0 Å². The van der Waals surface area contributed by atoms with E-state index in [2.05, 4.69) is 12.2 Å². The quantitative estimate of drug-likeness (QED) is 0.698. The summed E-state index contributed by atoms with van der Waals surface area (Å²) in [4.78, 5) is 1.15. The Morgan fingerprint density at radius 1 is 1.36 bits per heavy atom. The minimum absolute atomic E-state index is 0.129. The molecule has 1 atom stereocenters. The van der Waals surface area contributed by atoms with Gasteiger partial charge in [-0.15, -0.1) is 0 Å². The molecule has 0 aromatic heterocycles. The number of benzene rings is 1. The second-order valence-electron chi connectivity index (χ2n) is 3.00. The normalized spacial score (nSPS) is 17.9. The Balaban J connectivity index is 0.000000461. The molecule has 1 aromatic rings. The van der Waals surface area contributed by atoms with Gasteiger partial charge in [0.1, 0.15) is 5.82 Å². The Kier molecular flexibility index (Phi) is 3.81. The van der Waals surface area contributed by atoms with Crippen LogP contribution in [0, 0.1) is 12.7 Å². The van der Waals surface area contributed by atoms with Crippen molar-refractivity contribution in [3.63, 3.8) is 0 Å². The van der Waals surface area contributed by atoms with E-state index in [9.17, 15) is 4.39 Å². The topological polar surface area (TPSA) is 12.0 Å². The largest absolute Gasteiger partial charge is 0.372 e. The Labute approximate surface area is 89.1 Å². The zero-order valence-corrected chi connectivity index (χ0v) is 9.83. The maximum Gasteiger partial charge on any atom is 0.128 e. The molecular formula is C11H16FNS. The van der Waals surface area contributed by atoms with E-state index in [1.807, 2.05) is 19.9 Å². The summed E-state index contributed by atoms with van der Waals surface area (Å²) in [6.45, 7) is 7.86. The van der Waals surface area contributed by atoms with E-state index in [0.29, 0.717) is 5.37 Å². The summed E-state index contributed by atoms with van der Waals surface area (Å²) in [5, 5.41) is 3.55. The van der Waals surface area contributed by atoms with Crippen LogP contribution in [0.25, 0.3) is 0 Å². The molecule has 0 amide bonds. The monoisotopic (exact) mass is 213 g/mol. The molecule has 0 bridgehead atoms. The molecule has 1 aromatic carbocycles. The van der Waals surface area contributed by atoms with Crippen molar-refractivity contribution in [3.05, 3.63) is 23.5 Å². The lowest BCUT2D eigenvalue weighted by Gasteiger charge is -2.01. The lowest BCUT2D eigenvalue weighted by molar-refractivity contribution is 0.618. The van der Waals surface area contributed by atoms with Gasteiger partial charge in [-0.2, -0.15) is 0 Å². The lowest BCUT2D eigenvalue weighted by atomic mass is 10.2. The van der Waals surface area contributed by atoms with Crippen LogP contribution in [0.15, 0.2) is 17.0 Å². The van der Waals surface area contributed by atoms with Gasteiger partial charge in [-0.05, 0) is 31.5 Å². The summed E-state index contributed by atoms with van der Waals surface area (Å²) in [5.74, 6) is -0.129. The Bertz CT molecular complexity index is 294. The number of anilines is 1. The number of halogens is 1. The highest BCUT2D eigenvalue weighted by atomic mass is 32.2. The highest BCUT2D eigenvalue weighted by molar-refractivity contribution is 8.00. The highest BCUT2D eigenvalue weighted by Gasteiger charge is 2.18. The van der Waals surface area contributed by atoms with E-state index in [1.54, 1.807) is 24.8 Å². The first-order valence-electron chi connectivity index (χ1n) is 4.90. The van der Waals surface area contributed by atoms with Crippen LogP contribution in [-0.4, -0.2) is 5.37 Å². The molecule has 0 spiro atoms. The number of hydrogen-bond acceptors (Lipinski definition) is 2. The van der Waals surface area contributed by atoms with Gasteiger partial charge in [0.15, 0.2) is 0 Å². The molecule has 1 N–H and O–H groups in total. The molecular weight excluding hydrogens is 197 g/mol. The van der Waals surface area contributed by atoms with Crippen LogP contribution in [-0.2, 0) is 0 Å². The van der Waals surface area contributed by atoms with E-state index in [1.165, 1.54) is 0 Å². The minimum atomic E-state index is -0.129. The van der Waals surface area contributed by atoms with Crippen LogP contribution in [0.1, 0.15) is 26.3 Å². The van der Waals surface area contributed by atoms with Crippen LogP contribution in [0.3, 0.4) is 0 Å². The summed E-state index contributed by atoms with van der Waals surface area (Å²) in [5.41, 5.74) is 1.65. The van der Waals surface area contributed by atoms with Crippen molar-refractivity contribution < 1.29 is 4.39 Å². The number of hydrogen-bond donors (Lipinski definition) is 1. The summed E-state index contributed by atoms with van der Waals surface area (Å²) in [7, 11) is 0. The molecule has 14 heavy (non-hydrogen) atoms. The van der Waals surface area contributed by atoms with Crippen molar-refractivity contribution in [2.75, 3.05) is 5.32 Å². The summed E-state index contributed by atoms with van der Waals surface area (Å²) in [6, 6.07) is 3.47. The van der Waals surface area contributed by atoms with Gasteiger partial charge in [-0.1, -0.05) is 25.6 Å². The fourth-order valence-corrected chi connectivity index (χ4v) is 2.36. The minimum Gasteiger partial charge on any atom is -0.372 e. The Morgan fingerprint density at radius 2 is 2.00 bits per heavy atom. The van der Waals surface area contributed by atoms with Crippen LogP contribution < -0.4 is 5.32 Å². The molecule has 3 heteroatoms. The maximum atomic E-state index is 13.1. The van der Waals surface area contributed by atoms with E-state index in [0.717, 1.165) is 16.1 Å². The Morgan fingerprint density at radius 3 is 2.64 bits per heavy atom. The van der Waals surface area contributed by atoms with Gasteiger partial charge in [-0.25, -0.2) is 4.39 Å². The van der Waals surface area contributed by atoms with Crippen LogP contribution in [0.2, 0.25) is 0 Å². The van der Waals surface area contributed by atoms with Crippen molar-refractivity contribution in [1.82, 2.24) is 0 Å². The predicted octanol–water partition coefficient (Wildman–Crippen LogP) is 4.02. The van der Waals surface area contributed by atoms with Crippen molar-refractivity contribution in [2.24, 2.45) is 0 Å². The molecule has 0 saturated heterocycles. The van der Waals surface area contributed by atoms with Crippen LogP contribution in [0.5, 0.6) is 0 Å². The first-order valence-corrected chi connectivity index (χ1v) is 5.78. The molecule has 0 fully saturated rings. The molecule has 78 valence electrons. The average Bonchev–Trinajstić information content (AvgIpc) is 2.49. The fourth-order valence-electron chi connectivity index (χ4n) is 1.30. The first kappa shape index (κ1) is 11.4. The van der Waals surface area contributed by atoms with Gasteiger partial charge in [0, 0.05) is 4.90 Å². The third-order valence-electron chi connectivity index (χ3n) is 1.92. The highest BCUT2D eigenvalue weighted by Crippen LogP contribution is 2.39. The second-order valence-corrected chi connectivity index (χ2v) is 4.38. The third kappa shape index (κ3) is 2.21. The SMILES string of the molecule is CC.Cc1cc2c(cc1F)NC(C)S2. The molecule has 1 nitrogen and oxygen atoms in total. The van der Waals surface area contributed by atoms with Crippen molar-refractivity contribution in [3.8, 4) is 0 Å². The van der Waals surface area contributed by atoms with E-state index < -0.39 is 0 Å². The predicted molar refractivity (Wildman–Crippen MR) is 61.4 cm³/mol. The van der Waals surface area contributed by atoms with Gasteiger partial charge in [0.25, 0.3) is 0 Å². The summed E-state index contributed by atoms with van der Waals surface area (Å²) < 4.78 is 13.1. The van der Waals surface area contributed by atoms with Gasteiger partial charge < -0.3 is 5.32 Å². The van der Waals surface area contributed by atoms with Crippen LogP contribution >= 0.6 is 11.8 Å². The van der Waals surface area contributed by atoms with Gasteiger partial charge >= 0.3 is 0 Å². The molecule has 2 rings (SSSR count). The molecule has 0 saturated carbocycles. The smallest absolute Gasteiger partial charge is 0.128 e. The average molecular weight is 213 g/mol. The fraction of sp³-hybridized carbons (Fsp3) is 0.455. The third-order valence-corrected chi connectivity index (χ3v) is 2.99. The first-order chi connectivity index (χ1) is 6.66. The zero-order valence-electron chi connectivity index (χ0n) is 9.02. The summed E-state index contributed by atoms with van der Waals surface area (Å²) >= 11 is 1.74. The van der Waals surface area contributed by atoms with E-state index in [4.69, 9.17) is 0 Å². The number of aryl methyl sites for hydroxylation is 1. The van der Waals surface area contributed by atoms with Gasteiger partial charge in [-0.3, -0.25) is 0 Å². The zero-order chi connectivity index (χ0) is 10.7. The standard InChI is InChI=1S/C9H10FNS.C2H6/c1-5-3-9-8(4-7(5)10)11-6(2)12-9;1-2/h3-4,6,11H,1-2H3;1-2H3. The molecule has 1 aliphatic heterocycles. The molecule has 1 unspecified atom stereocenters. The Hall–Kier alpha value is -0.700. The summed E-state index contributed by atoms with van der Waals surface area (Å²) in [6.07, 6.45) is 0. The molecule has 0 aliphatic carbocycles. The molecule has 1 heterocycles. The maximum absolute atomic E-state index is 13.1. The van der Waals surface area contributed by atoms with Crippen molar-refractivity contribution in [1.29, 1.82) is 0 Å². The lowest BCUT2D eigenvalue weighted by Crippen LogP contribution is -2.02. The van der Waals surface area contributed by atoms with Crippen LogP contribution in [0.4, 0.5) is 10.1 Å². The number of rotatable bonds is 0. The second kappa shape index (κ2) is 4.69. The van der Waals surface area contributed by atoms with Gasteiger partial charge in [0.05, 0.1) is 11.1 Å². The molecule has 0 radical (unpaired) electrons. The van der Waals surface area contributed by atoms with Gasteiger partial charge in [0.2, 0.25) is 0 Å². The number of nitrogens with one attached hydrogen (secondary N) is 1. The number of thioether (sulfide) groups is 1. The van der Waals surface area contributed by atoms with Crippen molar-refractivity contribution in [2.45, 2.75) is 38.0 Å². The van der Waals surface area contributed by atoms with E-state index in [-0.39, 0.29) is 5.82 Å².